The standard InChI is InChI=1S/C14H27N3S/c1-13(2)8-6-4-5-7-9-14-12-15-16-17(14)10-11-18-3/h12-13H,4-11H2,1-3H3. The molecule has 1 aromatic rings. The fourth-order valence-corrected chi connectivity index (χ4v) is 2.41. The van der Waals surface area contributed by atoms with Crippen LogP contribution >= 0.6 is 11.8 Å². The number of thioether (sulfide) groups is 1. The summed E-state index contributed by atoms with van der Waals surface area (Å²) < 4.78 is 2.06. The van der Waals surface area contributed by atoms with E-state index in [1.807, 2.05) is 18.0 Å². The van der Waals surface area contributed by atoms with E-state index in [0.29, 0.717) is 0 Å². The minimum Gasteiger partial charge on any atom is -0.249 e. The predicted molar refractivity (Wildman–Crippen MR) is 80.0 cm³/mol. The number of hydrogen-bond acceptors (Lipinski definition) is 3. The van der Waals surface area contributed by atoms with Crippen LogP contribution in [0.4, 0.5) is 0 Å². The Balaban J connectivity index is 2.13. The average Bonchev–Trinajstić information content (AvgIpc) is 2.78. The molecule has 0 aliphatic rings. The third-order valence-electron chi connectivity index (χ3n) is 3.17. The minimum absolute atomic E-state index is 0.849. The van der Waals surface area contributed by atoms with Crippen LogP contribution in [-0.2, 0) is 13.0 Å². The van der Waals surface area contributed by atoms with Crippen molar-refractivity contribution in [2.45, 2.75) is 58.9 Å². The van der Waals surface area contributed by atoms with Gasteiger partial charge in [-0.1, -0.05) is 44.7 Å². The highest BCUT2D eigenvalue weighted by atomic mass is 32.2. The molecule has 0 radical (unpaired) electrons. The van der Waals surface area contributed by atoms with Crippen LogP contribution in [0.15, 0.2) is 6.20 Å². The van der Waals surface area contributed by atoms with Crippen LogP contribution in [0.25, 0.3) is 0 Å². The third-order valence-corrected chi connectivity index (χ3v) is 3.76. The Hall–Kier alpha value is -0.510. The molecule has 1 rings (SSSR count). The van der Waals surface area contributed by atoms with Gasteiger partial charge in [0, 0.05) is 5.75 Å². The lowest BCUT2D eigenvalue weighted by Gasteiger charge is -2.06. The number of aryl methyl sites for hydroxylation is 2. The molecule has 1 aromatic heterocycles. The summed E-state index contributed by atoms with van der Waals surface area (Å²) in [5, 5.41) is 8.16. The second kappa shape index (κ2) is 9.42. The normalized spacial score (nSPS) is 11.3. The number of aromatic nitrogens is 3. The van der Waals surface area contributed by atoms with Crippen LogP contribution in [0.3, 0.4) is 0 Å². The first-order valence-corrected chi connectivity index (χ1v) is 8.49. The molecule has 0 spiro atoms. The number of hydrogen-bond donors (Lipinski definition) is 0. The van der Waals surface area contributed by atoms with Crippen LogP contribution in [0.2, 0.25) is 0 Å². The molecule has 104 valence electrons. The number of unbranched alkanes of at least 4 members (excludes halogenated alkanes) is 3. The van der Waals surface area contributed by atoms with E-state index in [-0.39, 0.29) is 0 Å². The summed E-state index contributed by atoms with van der Waals surface area (Å²) in [6.45, 7) is 5.59. The molecule has 0 atom stereocenters. The van der Waals surface area contributed by atoms with E-state index in [0.717, 1.165) is 24.6 Å². The van der Waals surface area contributed by atoms with Crippen LogP contribution in [-0.4, -0.2) is 27.0 Å². The van der Waals surface area contributed by atoms with Gasteiger partial charge >= 0.3 is 0 Å². The van der Waals surface area contributed by atoms with Crippen molar-refractivity contribution in [2.24, 2.45) is 5.92 Å². The van der Waals surface area contributed by atoms with Crippen molar-refractivity contribution >= 4 is 11.8 Å². The van der Waals surface area contributed by atoms with Crippen molar-refractivity contribution in [1.29, 1.82) is 0 Å². The van der Waals surface area contributed by atoms with Gasteiger partial charge in [-0.25, -0.2) is 4.68 Å². The molecule has 4 heteroatoms. The van der Waals surface area contributed by atoms with Crippen molar-refractivity contribution in [3.05, 3.63) is 11.9 Å². The highest BCUT2D eigenvalue weighted by Crippen LogP contribution is 2.11. The quantitative estimate of drug-likeness (QED) is 0.605. The van der Waals surface area contributed by atoms with Crippen molar-refractivity contribution in [3.63, 3.8) is 0 Å². The van der Waals surface area contributed by atoms with E-state index in [2.05, 4.69) is 35.1 Å². The zero-order chi connectivity index (χ0) is 13.2. The molecule has 0 aliphatic carbocycles. The van der Waals surface area contributed by atoms with Gasteiger partial charge in [0.1, 0.15) is 0 Å². The minimum atomic E-state index is 0.849. The summed E-state index contributed by atoms with van der Waals surface area (Å²) >= 11 is 1.86. The van der Waals surface area contributed by atoms with Crippen molar-refractivity contribution in [3.8, 4) is 0 Å². The summed E-state index contributed by atoms with van der Waals surface area (Å²) in [6, 6.07) is 0. The van der Waals surface area contributed by atoms with Gasteiger partial charge in [-0.2, -0.15) is 11.8 Å². The Morgan fingerprint density at radius 3 is 2.72 bits per heavy atom. The molecule has 0 bridgehead atoms. The zero-order valence-corrected chi connectivity index (χ0v) is 12.9. The Labute approximate surface area is 116 Å². The lowest BCUT2D eigenvalue weighted by atomic mass is 10.0. The summed E-state index contributed by atoms with van der Waals surface area (Å²) in [5.41, 5.74) is 1.30. The molecule has 0 saturated carbocycles. The maximum Gasteiger partial charge on any atom is 0.0725 e. The molecule has 0 saturated heterocycles. The van der Waals surface area contributed by atoms with E-state index in [9.17, 15) is 0 Å². The summed E-state index contributed by atoms with van der Waals surface area (Å²) in [4.78, 5) is 0. The topological polar surface area (TPSA) is 30.7 Å². The predicted octanol–water partition coefficient (Wildman–Crippen LogP) is 3.79. The fraction of sp³-hybridized carbons (Fsp3) is 0.857. The highest BCUT2D eigenvalue weighted by molar-refractivity contribution is 7.98. The first kappa shape index (κ1) is 15.5. The van der Waals surface area contributed by atoms with Crippen LogP contribution in [0.5, 0.6) is 0 Å². The van der Waals surface area contributed by atoms with Crippen molar-refractivity contribution in [1.82, 2.24) is 15.0 Å². The van der Waals surface area contributed by atoms with Gasteiger partial charge in [0.05, 0.1) is 18.4 Å². The van der Waals surface area contributed by atoms with Gasteiger partial charge in [-0.15, -0.1) is 5.10 Å². The Bertz CT molecular complexity index is 310. The lowest BCUT2D eigenvalue weighted by Crippen LogP contribution is -2.07. The maximum absolute atomic E-state index is 4.15. The zero-order valence-electron chi connectivity index (χ0n) is 12.1. The SMILES string of the molecule is CSCCn1nncc1CCCCCCC(C)C. The molecule has 1 heterocycles. The average molecular weight is 269 g/mol. The smallest absolute Gasteiger partial charge is 0.0725 e. The van der Waals surface area contributed by atoms with Crippen LogP contribution in [0.1, 0.15) is 51.6 Å². The molecule has 0 unspecified atom stereocenters. The molecule has 0 amide bonds. The van der Waals surface area contributed by atoms with E-state index in [4.69, 9.17) is 0 Å². The van der Waals surface area contributed by atoms with Gasteiger partial charge in [0.15, 0.2) is 0 Å². The van der Waals surface area contributed by atoms with Gasteiger partial charge in [-0.05, 0) is 25.0 Å². The first-order valence-electron chi connectivity index (χ1n) is 7.10. The van der Waals surface area contributed by atoms with Gasteiger partial charge < -0.3 is 0 Å². The lowest BCUT2D eigenvalue weighted by molar-refractivity contribution is 0.515. The second-order valence-corrected chi connectivity index (χ2v) is 6.27. The molecule has 18 heavy (non-hydrogen) atoms. The molecule has 0 fully saturated rings. The van der Waals surface area contributed by atoms with Gasteiger partial charge in [0.2, 0.25) is 0 Å². The molecule has 0 N–H and O–H groups in total. The maximum atomic E-state index is 4.15. The Morgan fingerprint density at radius 2 is 2.00 bits per heavy atom. The molecular weight excluding hydrogens is 242 g/mol. The third kappa shape index (κ3) is 6.43. The Kier molecular flexibility index (Phi) is 8.14. The van der Waals surface area contributed by atoms with Gasteiger partial charge in [0.25, 0.3) is 0 Å². The number of rotatable bonds is 10. The van der Waals surface area contributed by atoms with E-state index < -0.39 is 0 Å². The van der Waals surface area contributed by atoms with E-state index in [1.165, 1.54) is 37.8 Å². The van der Waals surface area contributed by atoms with Crippen LogP contribution < -0.4 is 0 Å². The molecule has 3 nitrogen and oxygen atoms in total. The number of nitrogens with zero attached hydrogens (tertiary/aromatic N) is 3. The van der Waals surface area contributed by atoms with Crippen molar-refractivity contribution in [2.75, 3.05) is 12.0 Å². The van der Waals surface area contributed by atoms with Crippen LogP contribution in [0, 0.1) is 5.92 Å². The van der Waals surface area contributed by atoms with Crippen molar-refractivity contribution < 1.29 is 0 Å². The van der Waals surface area contributed by atoms with E-state index >= 15 is 0 Å². The summed E-state index contributed by atoms with van der Waals surface area (Å²) in [7, 11) is 0. The molecule has 0 aromatic carbocycles. The fourth-order valence-electron chi connectivity index (χ4n) is 2.05. The molecule has 0 aliphatic heterocycles. The summed E-state index contributed by atoms with van der Waals surface area (Å²) in [6.07, 6.45) is 11.9. The Morgan fingerprint density at radius 1 is 1.22 bits per heavy atom. The van der Waals surface area contributed by atoms with E-state index in [1.54, 1.807) is 0 Å². The second-order valence-electron chi connectivity index (χ2n) is 5.29. The molecular formula is C14H27N3S. The first-order chi connectivity index (χ1) is 8.74. The monoisotopic (exact) mass is 269 g/mol. The highest BCUT2D eigenvalue weighted by Gasteiger charge is 2.03. The summed E-state index contributed by atoms with van der Waals surface area (Å²) in [5.74, 6) is 1.97. The van der Waals surface area contributed by atoms with Gasteiger partial charge in [-0.3, -0.25) is 0 Å². The largest absolute Gasteiger partial charge is 0.249 e.